The molecule has 0 aliphatic heterocycles. The second-order valence-electron chi connectivity index (χ2n) is 6.61. The zero-order valence-corrected chi connectivity index (χ0v) is 15.6. The van der Waals surface area contributed by atoms with Crippen LogP contribution in [0, 0.1) is 0 Å². The smallest absolute Gasteiger partial charge is 0.336 e. The van der Waals surface area contributed by atoms with Gasteiger partial charge in [-0.3, -0.25) is 4.79 Å². The summed E-state index contributed by atoms with van der Waals surface area (Å²) in [6.07, 6.45) is 1.44. The Morgan fingerprint density at radius 1 is 0.643 bits per heavy atom. The lowest BCUT2D eigenvalue weighted by Crippen LogP contribution is -2.35. The first-order chi connectivity index (χ1) is 13.6. The second-order valence-corrected chi connectivity index (χ2v) is 6.61. The molecule has 0 aliphatic carbocycles. The number of nitrogens with zero attached hydrogens (tertiary/aromatic N) is 1. The Balaban J connectivity index is 1.80. The van der Waals surface area contributed by atoms with E-state index in [0.717, 1.165) is 24.0 Å². The molecule has 0 spiro atoms. The molecule has 4 nitrogen and oxygen atoms in total. The lowest BCUT2D eigenvalue weighted by molar-refractivity contribution is 0.0675. The maximum absolute atomic E-state index is 13.2. The predicted molar refractivity (Wildman–Crippen MR) is 110 cm³/mol. The Morgan fingerprint density at radius 3 is 1.54 bits per heavy atom. The van der Waals surface area contributed by atoms with E-state index in [2.05, 4.69) is 0 Å². The molecule has 0 aliphatic rings. The van der Waals surface area contributed by atoms with Crippen molar-refractivity contribution >= 4 is 11.9 Å². The number of carbonyl (C=O) groups excluding carboxylic acids is 1. The number of hydrogen-bond acceptors (Lipinski definition) is 2. The maximum Gasteiger partial charge on any atom is 0.336 e. The minimum absolute atomic E-state index is 0.0388. The van der Waals surface area contributed by atoms with Gasteiger partial charge in [-0.2, -0.15) is 0 Å². The van der Waals surface area contributed by atoms with Crippen molar-refractivity contribution in [3.63, 3.8) is 0 Å². The summed E-state index contributed by atoms with van der Waals surface area (Å²) < 4.78 is 0. The molecule has 3 aromatic carbocycles. The largest absolute Gasteiger partial charge is 0.478 e. The fourth-order valence-corrected chi connectivity index (χ4v) is 3.16. The quantitative estimate of drug-likeness (QED) is 0.640. The molecule has 0 aromatic heterocycles. The van der Waals surface area contributed by atoms with Crippen molar-refractivity contribution in [1.82, 2.24) is 4.90 Å². The van der Waals surface area contributed by atoms with E-state index >= 15 is 0 Å². The summed E-state index contributed by atoms with van der Waals surface area (Å²) in [6, 6.07) is 26.4. The molecule has 0 atom stereocenters. The summed E-state index contributed by atoms with van der Waals surface area (Å²) in [5, 5.41) is 9.44. The third-order valence-corrected chi connectivity index (χ3v) is 4.70. The van der Waals surface area contributed by atoms with Crippen molar-refractivity contribution in [2.24, 2.45) is 0 Å². The first-order valence-corrected chi connectivity index (χ1v) is 9.34. The summed E-state index contributed by atoms with van der Waals surface area (Å²) in [6.45, 7) is 1.06. The highest BCUT2D eigenvalue weighted by molar-refractivity contribution is 6.04. The molecule has 4 heteroatoms. The molecule has 0 saturated carbocycles. The monoisotopic (exact) mass is 373 g/mol. The molecular weight excluding hydrogens is 350 g/mol. The van der Waals surface area contributed by atoms with Gasteiger partial charge in [-0.05, 0) is 36.1 Å². The highest BCUT2D eigenvalue weighted by atomic mass is 16.4. The van der Waals surface area contributed by atoms with Crippen LogP contribution in [0.2, 0.25) is 0 Å². The molecular formula is C24H23NO3. The van der Waals surface area contributed by atoms with E-state index in [9.17, 15) is 14.7 Å². The van der Waals surface area contributed by atoms with Crippen LogP contribution >= 0.6 is 0 Å². The lowest BCUT2D eigenvalue weighted by Gasteiger charge is -2.24. The van der Waals surface area contributed by atoms with Gasteiger partial charge in [-0.15, -0.1) is 0 Å². The summed E-state index contributed by atoms with van der Waals surface area (Å²) in [7, 11) is 0. The van der Waals surface area contributed by atoms with Gasteiger partial charge in [0.2, 0.25) is 0 Å². The molecule has 0 saturated heterocycles. The van der Waals surface area contributed by atoms with E-state index in [4.69, 9.17) is 0 Å². The molecule has 0 heterocycles. The Labute approximate surface area is 165 Å². The van der Waals surface area contributed by atoms with Gasteiger partial charge in [-0.25, -0.2) is 4.79 Å². The Kier molecular flexibility index (Phi) is 6.58. The molecule has 1 N–H and O–H groups in total. The molecule has 142 valence electrons. The Morgan fingerprint density at radius 2 is 1.07 bits per heavy atom. The van der Waals surface area contributed by atoms with Crippen molar-refractivity contribution in [2.45, 2.75) is 12.8 Å². The average molecular weight is 373 g/mol. The first kappa shape index (κ1) is 19.4. The maximum atomic E-state index is 13.2. The molecule has 0 fully saturated rings. The van der Waals surface area contributed by atoms with Crippen molar-refractivity contribution < 1.29 is 14.7 Å². The van der Waals surface area contributed by atoms with Gasteiger partial charge >= 0.3 is 5.97 Å². The normalized spacial score (nSPS) is 10.4. The number of amides is 1. The van der Waals surface area contributed by atoms with Gasteiger partial charge < -0.3 is 10.0 Å². The van der Waals surface area contributed by atoms with E-state index in [1.54, 1.807) is 23.1 Å². The van der Waals surface area contributed by atoms with Crippen LogP contribution < -0.4 is 0 Å². The summed E-state index contributed by atoms with van der Waals surface area (Å²) in [5.74, 6) is -1.33. The highest BCUT2D eigenvalue weighted by Gasteiger charge is 2.21. The minimum atomic E-state index is -1.09. The fraction of sp³-hybridized carbons (Fsp3) is 0.167. The molecule has 0 radical (unpaired) electrons. The number of aromatic carboxylic acids is 1. The zero-order valence-electron chi connectivity index (χ0n) is 15.6. The van der Waals surface area contributed by atoms with Gasteiger partial charge in [0.15, 0.2) is 0 Å². The van der Waals surface area contributed by atoms with Crippen LogP contribution in [-0.2, 0) is 12.8 Å². The topological polar surface area (TPSA) is 57.6 Å². The van der Waals surface area contributed by atoms with Crippen LogP contribution in [-0.4, -0.2) is 35.0 Å². The summed E-state index contributed by atoms with van der Waals surface area (Å²) in [4.78, 5) is 26.5. The number of carboxylic acids is 1. The van der Waals surface area contributed by atoms with Crippen molar-refractivity contribution in [3.8, 4) is 0 Å². The van der Waals surface area contributed by atoms with Crippen LogP contribution in [0.5, 0.6) is 0 Å². The second kappa shape index (κ2) is 9.51. The van der Waals surface area contributed by atoms with E-state index < -0.39 is 5.97 Å². The van der Waals surface area contributed by atoms with Crippen molar-refractivity contribution in [1.29, 1.82) is 0 Å². The van der Waals surface area contributed by atoms with Gasteiger partial charge in [0, 0.05) is 13.1 Å². The molecule has 3 rings (SSSR count). The summed E-state index contributed by atoms with van der Waals surface area (Å²) >= 11 is 0. The SMILES string of the molecule is O=C(O)c1ccccc1C(=O)N(CCc1ccccc1)CCc1ccccc1. The van der Waals surface area contributed by atoms with Crippen molar-refractivity contribution in [2.75, 3.05) is 13.1 Å². The lowest BCUT2D eigenvalue weighted by atomic mass is 10.0. The van der Waals surface area contributed by atoms with Crippen LogP contribution in [0.4, 0.5) is 0 Å². The number of benzene rings is 3. The molecule has 28 heavy (non-hydrogen) atoms. The standard InChI is InChI=1S/C24H23NO3/c26-23(21-13-7-8-14-22(21)24(27)28)25(17-15-19-9-3-1-4-10-19)18-16-20-11-5-2-6-12-20/h1-14H,15-18H2,(H,27,28). The fourth-order valence-electron chi connectivity index (χ4n) is 3.16. The third-order valence-electron chi connectivity index (χ3n) is 4.70. The van der Waals surface area contributed by atoms with Gasteiger partial charge in [0.25, 0.3) is 5.91 Å². The number of rotatable bonds is 8. The Hall–Kier alpha value is -3.40. The van der Waals surface area contributed by atoms with Gasteiger partial charge in [0.1, 0.15) is 0 Å². The zero-order chi connectivity index (χ0) is 19.8. The third kappa shape index (κ3) is 5.07. The van der Waals surface area contributed by atoms with Crippen LogP contribution in [0.1, 0.15) is 31.8 Å². The minimum Gasteiger partial charge on any atom is -0.478 e. The highest BCUT2D eigenvalue weighted by Crippen LogP contribution is 2.14. The number of hydrogen-bond donors (Lipinski definition) is 1. The molecule has 0 unspecified atom stereocenters. The predicted octanol–water partition coefficient (Wildman–Crippen LogP) is 4.31. The molecule has 3 aromatic rings. The van der Waals surface area contributed by atoms with Gasteiger partial charge in [0.05, 0.1) is 11.1 Å². The van der Waals surface area contributed by atoms with E-state index in [0.29, 0.717) is 13.1 Å². The van der Waals surface area contributed by atoms with Crippen LogP contribution in [0.25, 0.3) is 0 Å². The number of carboxylic acid groups (broad SMARTS) is 1. The molecule has 1 amide bonds. The number of carbonyl (C=O) groups is 2. The van der Waals surface area contributed by atoms with E-state index in [1.807, 2.05) is 60.7 Å². The Bertz CT molecular complexity index is 879. The van der Waals surface area contributed by atoms with E-state index in [-0.39, 0.29) is 17.0 Å². The van der Waals surface area contributed by atoms with Crippen LogP contribution in [0.3, 0.4) is 0 Å². The summed E-state index contributed by atoms with van der Waals surface area (Å²) in [5.41, 5.74) is 2.56. The molecule has 0 bridgehead atoms. The van der Waals surface area contributed by atoms with Gasteiger partial charge in [-0.1, -0.05) is 72.8 Å². The average Bonchev–Trinajstić information content (AvgIpc) is 2.75. The first-order valence-electron chi connectivity index (χ1n) is 9.34. The van der Waals surface area contributed by atoms with E-state index in [1.165, 1.54) is 6.07 Å². The van der Waals surface area contributed by atoms with Crippen LogP contribution in [0.15, 0.2) is 84.9 Å². The van der Waals surface area contributed by atoms with Crippen molar-refractivity contribution in [3.05, 3.63) is 107 Å².